The summed E-state index contributed by atoms with van der Waals surface area (Å²) in [4.78, 5) is 0. The van der Waals surface area contributed by atoms with Crippen LogP contribution in [0, 0.1) is 6.92 Å². The summed E-state index contributed by atoms with van der Waals surface area (Å²) in [6, 6.07) is 4.36. The fourth-order valence-corrected chi connectivity index (χ4v) is 3.12. The van der Waals surface area contributed by atoms with Gasteiger partial charge in [0.25, 0.3) is 0 Å². The Kier molecular flexibility index (Phi) is 5.06. The maximum atomic E-state index is 6.21. The molecule has 1 aromatic carbocycles. The van der Waals surface area contributed by atoms with Crippen LogP contribution in [0.2, 0.25) is 0 Å². The molecular formula is C16H22BrNO. The smallest absolute Gasteiger partial charge is 0.126 e. The Bertz CT molecular complexity index is 468. The number of halogens is 1. The minimum absolute atomic E-state index is 0.137. The van der Waals surface area contributed by atoms with Crippen LogP contribution in [0.25, 0.3) is 0 Å². The quantitative estimate of drug-likeness (QED) is 0.845. The Morgan fingerprint density at radius 3 is 2.89 bits per heavy atom. The Balaban J connectivity index is 2.26. The third-order valence-electron chi connectivity index (χ3n) is 3.34. The standard InChI is InChI=1S/C16H22BrNO/c1-11-8-14(17)10-13(9-12(2)18)16(11)19-15-6-4-3-5-7-15/h4,6,8,10,12,15H,3,5,7,9,18H2,1-2H3. The van der Waals surface area contributed by atoms with Crippen LogP contribution in [-0.4, -0.2) is 12.1 Å². The molecule has 1 aromatic rings. The molecule has 0 fully saturated rings. The minimum atomic E-state index is 0.137. The van der Waals surface area contributed by atoms with Crippen molar-refractivity contribution in [2.24, 2.45) is 5.73 Å². The lowest BCUT2D eigenvalue weighted by Crippen LogP contribution is -2.21. The molecule has 0 radical (unpaired) electrons. The van der Waals surface area contributed by atoms with E-state index in [0.29, 0.717) is 0 Å². The average molecular weight is 324 g/mol. The lowest BCUT2D eigenvalue weighted by Gasteiger charge is -2.23. The molecule has 2 N–H and O–H groups in total. The van der Waals surface area contributed by atoms with Gasteiger partial charge in [0, 0.05) is 10.5 Å². The van der Waals surface area contributed by atoms with Crippen LogP contribution in [0.5, 0.6) is 5.75 Å². The summed E-state index contributed by atoms with van der Waals surface area (Å²) in [5.74, 6) is 1.01. The fourth-order valence-electron chi connectivity index (χ4n) is 2.50. The minimum Gasteiger partial charge on any atom is -0.486 e. The lowest BCUT2D eigenvalue weighted by atomic mass is 10.0. The number of hydrogen-bond acceptors (Lipinski definition) is 2. The highest BCUT2D eigenvalue weighted by Crippen LogP contribution is 2.31. The first-order chi connectivity index (χ1) is 9.06. The van der Waals surface area contributed by atoms with E-state index in [1.54, 1.807) is 0 Å². The molecule has 0 saturated carbocycles. The summed E-state index contributed by atoms with van der Waals surface area (Å²) in [5.41, 5.74) is 8.31. The number of benzene rings is 1. The van der Waals surface area contributed by atoms with Crippen LogP contribution in [0.1, 0.15) is 37.3 Å². The summed E-state index contributed by atoms with van der Waals surface area (Å²) < 4.78 is 7.30. The Morgan fingerprint density at radius 1 is 1.47 bits per heavy atom. The Hall–Kier alpha value is -0.800. The molecule has 0 aliphatic heterocycles. The van der Waals surface area contributed by atoms with Gasteiger partial charge in [-0.05, 0) is 68.9 Å². The van der Waals surface area contributed by atoms with Gasteiger partial charge in [-0.15, -0.1) is 0 Å². The van der Waals surface area contributed by atoms with Crippen molar-refractivity contribution in [3.05, 3.63) is 39.9 Å². The highest BCUT2D eigenvalue weighted by molar-refractivity contribution is 9.10. The van der Waals surface area contributed by atoms with E-state index < -0.39 is 0 Å². The van der Waals surface area contributed by atoms with Gasteiger partial charge >= 0.3 is 0 Å². The molecule has 19 heavy (non-hydrogen) atoms. The maximum Gasteiger partial charge on any atom is 0.126 e. The van der Waals surface area contributed by atoms with Crippen LogP contribution in [0.4, 0.5) is 0 Å². The van der Waals surface area contributed by atoms with E-state index in [1.807, 2.05) is 6.92 Å². The fraction of sp³-hybridized carbons (Fsp3) is 0.500. The number of aryl methyl sites for hydroxylation is 1. The van der Waals surface area contributed by atoms with Crippen LogP contribution in [0.3, 0.4) is 0 Å². The number of nitrogens with two attached hydrogens (primary N) is 1. The van der Waals surface area contributed by atoms with Crippen LogP contribution >= 0.6 is 15.9 Å². The molecule has 3 heteroatoms. The predicted octanol–water partition coefficient (Wildman–Crippen LogP) is 4.13. The lowest BCUT2D eigenvalue weighted by molar-refractivity contribution is 0.226. The second-order valence-electron chi connectivity index (χ2n) is 5.41. The van der Waals surface area contributed by atoms with Gasteiger partial charge in [-0.3, -0.25) is 0 Å². The Labute approximate surface area is 124 Å². The molecule has 2 unspecified atom stereocenters. The van der Waals surface area contributed by atoms with E-state index in [1.165, 1.54) is 24.0 Å². The zero-order valence-electron chi connectivity index (χ0n) is 11.7. The molecule has 0 aromatic heterocycles. The first kappa shape index (κ1) is 14.6. The Morgan fingerprint density at radius 2 is 2.26 bits per heavy atom. The largest absolute Gasteiger partial charge is 0.486 e. The summed E-state index contributed by atoms with van der Waals surface area (Å²) >= 11 is 3.55. The van der Waals surface area contributed by atoms with Gasteiger partial charge in [0.15, 0.2) is 0 Å². The second kappa shape index (κ2) is 6.58. The summed E-state index contributed by atoms with van der Waals surface area (Å²) in [6.07, 6.45) is 8.93. The average Bonchev–Trinajstić information content (AvgIpc) is 2.34. The molecule has 2 atom stereocenters. The van der Waals surface area contributed by atoms with E-state index in [9.17, 15) is 0 Å². The van der Waals surface area contributed by atoms with Crippen molar-refractivity contribution < 1.29 is 4.74 Å². The van der Waals surface area contributed by atoms with Gasteiger partial charge in [-0.1, -0.05) is 22.0 Å². The van der Waals surface area contributed by atoms with E-state index in [0.717, 1.165) is 23.1 Å². The predicted molar refractivity (Wildman–Crippen MR) is 83.6 cm³/mol. The van der Waals surface area contributed by atoms with Crippen molar-refractivity contribution in [3.8, 4) is 5.75 Å². The first-order valence-corrected chi connectivity index (χ1v) is 7.73. The van der Waals surface area contributed by atoms with Crippen LogP contribution in [-0.2, 0) is 6.42 Å². The van der Waals surface area contributed by atoms with Crippen molar-refractivity contribution in [2.75, 3.05) is 0 Å². The SMILES string of the molecule is Cc1cc(Br)cc(CC(C)N)c1OC1C=CCCC1. The third-order valence-corrected chi connectivity index (χ3v) is 3.80. The molecule has 0 spiro atoms. The van der Waals surface area contributed by atoms with Crippen molar-refractivity contribution in [1.82, 2.24) is 0 Å². The van der Waals surface area contributed by atoms with E-state index in [2.05, 4.69) is 47.1 Å². The van der Waals surface area contributed by atoms with Gasteiger partial charge in [0.05, 0.1) is 0 Å². The molecule has 0 bridgehead atoms. The molecule has 104 valence electrons. The molecule has 0 amide bonds. The molecule has 0 heterocycles. The van der Waals surface area contributed by atoms with Crippen molar-refractivity contribution in [3.63, 3.8) is 0 Å². The summed E-state index contributed by atoms with van der Waals surface area (Å²) in [5, 5.41) is 0. The summed E-state index contributed by atoms with van der Waals surface area (Å²) in [7, 11) is 0. The van der Waals surface area contributed by atoms with Gasteiger partial charge in [0.1, 0.15) is 11.9 Å². The van der Waals surface area contributed by atoms with Crippen LogP contribution in [0.15, 0.2) is 28.8 Å². The molecule has 1 aliphatic rings. The number of rotatable bonds is 4. The first-order valence-electron chi connectivity index (χ1n) is 6.94. The molecule has 2 nitrogen and oxygen atoms in total. The van der Waals surface area contributed by atoms with E-state index in [4.69, 9.17) is 10.5 Å². The van der Waals surface area contributed by atoms with Crippen molar-refractivity contribution in [1.29, 1.82) is 0 Å². The second-order valence-corrected chi connectivity index (χ2v) is 6.32. The molecule has 1 aliphatic carbocycles. The van der Waals surface area contributed by atoms with E-state index in [-0.39, 0.29) is 12.1 Å². The molecule has 0 saturated heterocycles. The van der Waals surface area contributed by atoms with Crippen molar-refractivity contribution in [2.45, 2.75) is 51.7 Å². The third kappa shape index (κ3) is 4.08. The van der Waals surface area contributed by atoms with Gasteiger partial charge < -0.3 is 10.5 Å². The van der Waals surface area contributed by atoms with E-state index >= 15 is 0 Å². The zero-order valence-corrected chi connectivity index (χ0v) is 13.2. The van der Waals surface area contributed by atoms with Gasteiger partial charge in [-0.25, -0.2) is 0 Å². The topological polar surface area (TPSA) is 35.2 Å². The van der Waals surface area contributed by atoms with Crippen molar-refractivity contribution >= 4 is 15.9 Å². The normalized spacial score (nSPS) is 20.3. The number of allylic oxidation sites excluding steroid dienone is 1. The molecule has 2 rings (SSSR count). The van der Waals surface area contributed by atoms with Gasteiger partial charge in [0.2, 0.25) is 0 Å². The molecular weight excluding hydrogens is 302 g/mol. The highest BCUT2D eigenvalue weighted by atomic mass is 79.9. The summed E-state index contributed by atoms with van der Waals surface area (Å²) in [6.45, 7) is 4.12. The van der Waals surface area contributed by atoms with Crippen LogP contribution < -0.4 is 10.5 Å². The zero-order chi connectivity index (χ0) is 13.8. The highest BCUT2D eigenvalue weighted by Gasteiger charge is 2.16. The number of ether oxygens (including phenoxy) is 1. The number of hydrogen-bond donors (Lipinski definition) is 1. The monoisotopic (exact) mass is 323 g/mol. The van der Waals surface area contributed by atoms with Gasteiger partial charge in [-0.2, -0.15) is 0 Å². The maximum absolute atomic E-state index is 6.21.